The zero-order chi connectivity index (χ0) is 17.4. The van der Waals surface area contributed by atoms with Crippen molar-refractivity contribution in [2.45, 2.75) is 12.8 Å². The Balaban J connectivity index is 1.99. The Morgan fingerprint density at radius 2 is 1.40 bits per heavy atom. The average Bonchev–Trinajstić information content (AvgIpc) is 2.68. The van der Waals surface area contributed by atoms with Crippen molar-refractivity contribution in [1.82, 2.24) is 4.90 Å². The van der Waals surface area contributed by atoms with Crippen molar-refractivity contribution in [3.05, 3.63) is 59.0 Å². The summed E-state index contributed by atoms with van der Waals surface area (Å²) in [7, 11) is 1.44. The highest BCUT2D eigenvalue weighted by atomic mass is 16.5. The number of hydrogen-bond donors (Lipinski definition) is 0. The van der Waals surface area contributed by atoms with Gasteiger partial charge < -0.3 is 9.64 Å². The van der Waals surface area contributed by atoms with Gasteiger partial charge in [0.2, 0.25) is 0 Å². The van der Waals surface area contributed by atoms with Gasteiger partial charge in [0.25, 0.3) is 0 Å². The predicted octanol–water partition coefficient (Wildman–Crippen LogP) is 3.42. The topological polar surface area (TPSA) is 29.5 Å². The van der Waals surface area contributed by atoms with Gasteiger partial charge in [-0.1, -0.05) is 60.7 Å². The van der Waals surface area contributed by atoms with Crippen LogP contribution in [0.3, 0.4) is 0 Å². The molecule has 0 saturated carbocycles. The molecule has 0 atom stereocenters. The first-order chi connectivity index (χ1) is 12.2. The number of hydrogen-bond acceptors (Lipinski definition) is 2. The molecule has 1 saturated heterocycles. The monoisotopic (exact) mass is 331 g/mol. The molecule has 4 rings (SSSR count). The number of benzene rings is 3. The minimum Gasteiger partial charge on any atom is -0.453 e. The molecular weight excluding hydrogens is 310 g/mol. The second-order valence-corrected chi connectivity index (χ2v) is 6.51. The predicted molar refractivity (Wildman–Crippen MR) is 103 cm³/mol. The molecule has 1 aliphatic heterocycles. The molecule has 1 aliphatic rings. The number of nitrogens with zero attached hydrogens (tertiary/aromatic N) is 1. The molecule has 126 valence electrons. The fourth-order valence-electron chi connectivity index (χ4n) is 3.94. The maximum absolute atomic E-state index is 11.8. The van der Waals surface area contributed by atoms with Crippen LogP contribution < -0.4 is 10.4 Å². The first-order valence-corrected chi connectivity index (χ1v) is 8.64. The molecule has 3 aromatic rings. The number of ether oxygens (including phenoxy) is 1. The summed E-state index contributed by atoms with van der Waals surface area (Å²) in [6.45, 7) is 5.74. The van der Waals surface area contributed by atoms with Gasteiger partial charge in [-0.2, -0.15) is 0 Å². The molecule has 25 heavy (non-hydrogen) atoms. The molecule has 0 aliphatic carbocycles. The van der Waals surface area contributed by atoms with E-state index in [0.29, 0.717) is 13.1 Å². The normalized spacial score (nSPS) is 14.9. The van der Waals surface area contributed by atoms with E-state index in [9.17, 15) is 4.79 Å². The molecule has 0 N–H and O–H groups in total. The number of methoxy groups -OCH3 is 1. The van der Waals surface area contributed by atoms with Gasteiger partial charge in [-0.3, -0.25) is 0 Å². The zero-order valence-electron chi connectivity index (χ0n) is 14.4. The highest BCUT2D eigenvalue weighted by Crippen LogP contribution is 2.21. The standard InChI is InChI=1S/C22H21NO2/c1-15-17-7-3-5-9-19(17)21(20-10-6-4-8-18(15)20)16-11-13-23(14-12-16)22(24)25-2/h3-10H,1,11-14H2,2H3. The Labute approximate surface area is 146 Å². The van der Waals surface area contributed by atoms with Crippen LogP contribution in [0.5, 0.6) is 0 Å². The summed E-state index contributed by atoms with van der Waals surface area (Å²) in [5.41, 5.74) is 1.41. The Morgan fingerprint density at radius 3 is 1.88 bits per heavy atom. The van der Waals surface area contributed by atoms with Gasteiger partial charge in [0.1, 0.15) is 0 Å². The molecule has 0 bridgehead atoms. The Morgan fingerprint density at radius 1 is 0.920 bits per heavy atom. The minimum atomic E-state index is -0.234. The van der Waals surface area contributed by atoms with Gasteiger partial charge in [-0.05, 0) is 44.8 Å². The van der Waals surface area contributed by atoms with Crippen molar-refractivity contribution in [2.24, 2.45) is 0 Å². The van der Waals surface area contributed by atoms with Crippen molar-refractivity contribution in [3.63, 3.8) is 0 Å². The molecule has 0 spiro atoms. The highest BCUT2D eigenvalue weighted by Gasteiger charge is 2.20. The largest absolute Gasteiger partial charge is 0.453 e. The molecule has 3 nitrogen and oxygen atoms in total. The van der Waals surface area contributed by atoms with E-state index in [4.69, 9.17) is 4.74 Å². The Bertz CT molecular complexity index is 1010. The summed E-state index contributed by atoms with van der Waals surface area (Å²) in [6, 6.07) is 17.0. The van der Waals surface area contributed by atoms with Crippen LogP contribution in [0.1, 0.15) is 12.8 Å². The fourth-order valence-corrected chi connectivity index (χ4v) is 3.94. The zero-order valence-corrected chi connectivity index (χ0v) is 14.4. The van der Waals surface area contributed by atoms with E-state index >= 15 is 0 Å². The van der Waals surface area contributed by atoms with E-state index in [1.165, 1.54) is 39.4 Å². The van der Waals surface area contributed by atoms with Gasteiger partial charge in [-0.25, -0.2) is 4.79 Å². The lowest BCUT2D eigenvalue weighted by Crippen LogP contribution is -2.37. The van der Waals surface area contributed by atoms with Crippen molar-refractivity contribution < 1.29 is 9.53 Å². The molecule has 0 unspecified atom stereocenters. The lowest BCUT2D eigenvalue weighted by Gasteiger charge is -2.27. The number of piperidine rings is 1. The summed E-state index contributed by atoms with van der Waals surface area (Å²) in [5, 5.41) is 7.34. The molecule has 3 heteroatoms. The van der Waals surface area contributed by atoms with Gasteiger partial charge in [-0.15, -0.1) is 0 Å². The van der Waals surface area contributed by atoms with Crippen molar-refractivity contribution >= 4 is 39.8 Å². The smallest absolute Gasteiger partial charge is 0.409 e. The summed E-state index contributed by atoms with van der Waals surface area (Å²) in [6.07, 6.45) is 1.51. The first-order valence-electron chi connectivity index (χ1n) is 8.64. The van der Waals surface area contributed by atoms with Crippen LogP contribution in [0.2, 0.25) is 0 Å². The average molecular weight is 331 g/mol. The molecule has 1 heterocycles. The second-order valence-electron chi connectivity index (χ2n) is 6.51. The SMILES string of the molecule is C=c1c2ccccc2c(=C2CCN(C(=O)OC)CC2)c2ccccc12. The quantitative estimate of drug-likeness (QED) is 0.591. The van der Waals surface area contributed by atoms with Crippen LogP contribution in [-0.2, 0) is 4.74 Å². The number of carbonyl (C=O) groups is 1. The van der Waals surface area contributed by atoms with Crippen LogP contribution in [0.4, 0.5) is 4.79 Å². The van der Waals surface area contributed by atoms with Crippen molar-refractivity contribution in [2.75, 3.05) is 20.2 Å². The maximum Gasteiger partial charge on any atom is 0.409 e. The highest BCUT2D eigenvalue weighted by molar-refractivity contribution is 6.00. The lowest BCUT2D eigenvalue weighted by atomic mass is 9.92. The third-order valence-electron chi connectivity index (χ3n) is 5.20. The molecule has 1 amide bonds. The van der Waals surface area contributed by atoms with Gasteiger partial charge in [0.05, 0.1) is 7.11 Å². The lowest BCUT2D eigenvalue weighted by molar-refractivity contribution is 0.122. The first kappa shape index (κ1) is 15.7. The summed E-state index contributed by atoms with van der Waals surface area (Å²) in [4.78, 5) is 13.5. The molecule has 3 aromatic carbocycles. The van der Waals surface area contributed by atoms with Crippen LogP contribution in [-0.4, -0.2) is 31.2 Å². The van der Waals surface area contributed by atoms with Crippen LogP contribution in [0.25, 0.3) is 33.7 Å². The van der Waals surface area contributed by atoms with Crippen LogP contribution in [0.15, 0.2) is 48.5 Å². The minimum absolute atomic E-state index is 0.234. The van der Waals surface area contributed by atoms with Gasteiger partial charge in [0, 0.05) is 13.1 Å². The number of likely N-dealkylation sites (tertiary alicyclic amines) is 1. The Hall–Kier alpha value is -2.81. The third kappa shape index (κ3) is 2.56. The van der Waals surface area contributed by atoms with E-state index in [-0.39, 0.29) is 6.09 Å². The molecule has 0 radical (unpaired) electrons. The second kappa shape index (κ2) is 6.25. The van der Waals surface area contributed by atoms with Gasteiger partial charge >= 0.3 is 6.09 Å². The summed E-state index contributed by atoms with van der Waals surface area (Å²) < 4.78 is 4.86. The van der Waals surface area contributed by atoms with E-state index < -0.39 is 0 Å². The molecular formula is C22H21NO2. The molecule has 0 aromatic heterocycles. The van der Waals surface area contributed by atoms with Gasteiger partial charge in [0.15, 0.2) is 0 Å². The summed E-state index contributed by atoms with van der Waals surface area (Å²) in [5.74, 6) is 0. The Kier molecular flexibility index (Phi) is 3.92. The number of rotatable bonds is 0. The molecule has 1 fully saturated rings. The van der Waals surface area contributed by atoms with E-state index in [2.05, 4.69) is 55.1 Å². The van der Waals surface area contributed by atoms with E-state index in [1.807, 2.05) is 0 Å². The number of amides is 1. The van der Waals surface area contributed by atoms with E-state index in [1.54, 1.807) is 4.90 Å². The fraction of sp³-hybridized carbons (Fsp3) is 0.227. The van der Waals surface area contributed by atoms with Crippen LogP contribution >= 0.6 is 0 Å². The van der Waals surface area contributed by atoms with Crippen LogP contribution in [0, 0.1) is 0 Å². The van der Waals surface area contributed by atoms with Crippen molar-refractivity contribution in [1.29, 1.82) is 0 Å². The number of carbonyl (C=O) groups excluding carboxylic acids is 1. The maximum atomic E-state index is 11.8. The number of fused-ring (bicyclic) bond motifs is 2. The third-order valence-corrected chi connectivity index (χ3v) is 5.20. The summed E-state index contributed by atoms with van der Waals surface area (Å²) >= 11 is 0. The van der Waals surface area contributed by atoms with E-state index in [0.717, 1.165) is 18.1 Å². The van der Waals surface area contributed by atoms with Crippen molar-refractivity contribution in [3.8, 4) is 0 Å².